The highest BCUT2D eigenvalue weighted by atomic mass is 32.1. The molecule has 2 rings (SSSR count). The molecule has 0 radical (unpaired) electrons. The van der Waals surface area contributed by atoms with Crippen LogP contribution in [0, 0.1) is 12.8 Å². The van der Waals surface area contributed by atoms with Crippen molar-refractivity contribution in [2.45, 2.75) is 38.8 Å². The summed E-state index contributed by atoms with van der Waals surface area (Å²) >= 11 is 1.73. The van der Waals surface area contributed by atoms with Gasteiger partial charge in [-0.3, -0.25) is 0 Å². The van der Waals surface area contributed by atoms with Crippen LogP contribution in [0.1, 0.15) is 30.0 Å². The van der Waals surface area contributed by atoms with E-state index in [0.29, 0.717) is 6.04 Å². The molecule has 1 fully saturated rings. The standard InChI is InChI=1S/C12H21N3S/c1-9-14-12(8-16-9)7-15(2)6-10-3-4-11(13)5-10/h8,10-11H,3-7,13H2,1-2H3. The predicted molar refractivity (Wildman–Crippen MR) is 68.5 cm³/mol. The van der Waals surface area contributed by atoms with Crippen molar-refractivity contribution >= 4 is 11.3 Å². The Morgan fingerprint density at radius 2 is 2.38 bits per heavy atom. The topological polar surface area (TPSA) is 42.2 Å². The van der Waals surface area contributed by atoms with E-state index in [2.05, 4.69) is 29.2 Å². The summed E-state index contributed by atoms with van der Waals surface area (Å²) in [7, 11) is 2.18. The van der Waals surface area contributed by atoms with Crippen molar-refractivity contribution in [3.63, 3.8) is 0 Å². The van der Waals surface area contributed by atoms with Gasteiger partial charge in [-0.1, -0.05) is 0 Å². The first-order chi connectivity index (χ1) is 7.63. The van der Waals surface area contributed by atoms with Crippen LogP contribution >= 0.6 is 11.3 Å². The first kappa shape index (κ1) is 12.0. The molecule has 0 spiro atoms. The van der Waals surface area contributed by atoms with E-state index in [1.807, 2.05) is 0 Å². The minimum absolute atomic E-state index is 0.444. The molecule has 1 aliphatic carbocycles. The van der Waals surface area contributed by atoms with Crippen molar-refractivity contribution in [2.75, 3.05) is 13.6 Å². The maximum Gasteiger partial charge on any atom is 0.0897 e. The maximum absolute atomic E-state index is 5.93. The second kappa shape index (κ2) is 5.25. The summed E-state index contributed by atoms with van der Waals surface area (Å²) in [5, 5.41) is 3.32. The van der Waals surface area contributed by atoms with Gasteiger partial charge in [0.25, 0.3) is 0 Å². The summed E-state index contributed by atoms with van der Waals surface area (Å²) in [6.07, 6.45) is 3.69. The fraction of sp³-hybridized carbons (Fsp3) is 0.750. The minimum Gasteiger partial charge on any atom is -0.328 e. The van der Waals surface area contributed by atoms with Crippen molar-refractivity contribution < 1.29 is 0 Å². The molecule has 1 aromatic heterocycles. The van der Waals surface area contributed by atoms with E-state index in [1.165, 1.54) is 25.0 Å². The predicted octanol–water partition coefficient (Wildman–Crippen LogP) is 2.01. The van der Waals surface area contributed by atoms with Crippen LogP contribution in [0.2, 0.25) is 0 Å². The van der Waals surface area contributed by atoms with E-state index in [-0.39, 0.29) is 0 Å². The molecule has 90 valence electrons. The number of thiazole rings is 1. The van der Waals surface area contributed by atoms with Gasteiger partial charge in [-0.2, -0.15) is 0 Å². The Morgan fingerprint density at radius 3 is 2.94 bits per heavy atom. The molecule has 16 heavy (non-hydrogen) atoms. The number of rotatable bonds is 4. The summed E-state index contributed by atoms with van der Waals surface area (Å²) < 4.78 is 0. The lowest BCUT2D eigenvalue weighted by Gasteiger charge is -2.19. The molecule has 0 aromatic carbocycles. The van der Waals surface area contributed by atoms with Crippen LogP contribution in [0.15, 0.2) is 5.38 Å². The molecule has 2 unspecified atom stereocenters. The maximum atomic E-state index is 5.93. The Hall–Kier alpha value is -0.450. The SMILES string of the molecule is Cc1nc(CN(C)CC2CCC(N)C2)cs1. The molecule has 0 bridgehead atoms. The Kier molecular flexibility index (Phi) is 3.95. The van der Waals surface area contributed by atoms with Crippen LogP contribution in [0.25, 0.3) is 0 Å². The van der Waals surface area contributed by atoms with Gasteiger partial charge < -0.3 is 10.6 Å². The molecule has 4 heteroatoms. The molecule has 1 aliphatic rings. The fourth-order valence-electron chi connectivity index (χ4n) is 2.54. The number of hydrogen-bond donors (Lipinski definition) is 1. The Balaban J connectivity index is 1.78. The molecule has 1 heterocycles. The normalized spacial score (nSPS) is 25.5. The van der Waals surface area contributed by atoms with Gasteiger partial charge in [0, 0.05) is 24.5 Å². The van der Waals surface area contributed by atoms with E-state index in [4.69, 9.17) is 5.73 Å². The number of nitrogens with zero attached hydrogens (tertiary/aromatic N) is 2. The number of nitrogens with two attached hydrogens (primary N) is 1. The minimum atomic E-state index is 0.444. The molecule has 0 aliphatic heterocycles. The van der Waals surface area contributed by atoms with Gasteiger partial charge in [-0.15, -0.1) is 11.3 Å². The summed E-state index contributed by atoms with van der Waals surface area (Å²) in [6.45, 7) is 4.19. The van der Waals surface area contributed by atoms with Crippen molar-refractivity contribution in [1.82, 2.24) is 9.88 Å². The Labute approximate surface area is 102 Å². The van der Waals surface area contributed by atoms with Gasteiger partial charge in [-0.25, -0.2) is 4.98 Å². The van der Waals surface area contributed by atoms with Crippen molar-refractivity contribution in [3.05, 3.63) is 16.1 Å². The highest BCUT2D eigenvalue weighted by Crippen LogP contribution is 2.25. The molecular weight excluding hydrogens is 218 g/mol. The summed E-state index contributed by atoms with van der Waals surface area (Å²) in [4.78, 5) is 6.86. The average Bonchev–Trinajstić information content (AvgIpc) is 2.76. The zero-order chi connectivity index (χ0) is 11.5. The highest BCUT2D eigenvalue weighted by Gasteiger charge is 2.22. The fourth-order valence-corrected chi connectivity index (χ4v) is 3.15. The lowest BCUT2D eigenvalue weighted by molar-refractivity contribution is 0.267. The average molecular weight is 239 g/mol. The molecular formula is C12H21N3S. The van der Waals surface area contributed by atoms with Crippen LogP contribution in [-0.2, 0) is 6.54 Å². The van der Waals surface area contributed by atoms with Crippen molar-refractivity contribution in [2.24, 2.45) is 11.7 Å². The number of aromatic nitrogens is 1. The largest absolute Gasteiger partial charge is 0.328 e. The lowest BCUT2D eigenvalue weighted by atomic mass is 10.1. The summed E-state index contributed by atoms with van der Waals surface area (Å²) in [5.74, 6) is 0.791. The Morgan fingerprint density at radius 1 is 1.56 bits per heavy atom. The monoisotopic (exact) mass is 239 g/mol. The van der Waals surface area contributed by atoms with Gasteiger partial charge in [0.2, 0.25) is 0 Å². The van der Waals surface area contributed by atoms with Crippen molar-refractivity contribution in [1.29, 1.82) is 0 Å². The second-order valence-corrected chi connectivity index (χ2v) is 6.06. The molecule has 0 amide bonds. The van der Waals surface area contributed by atoms with Crippen LogP contribution in [0.3, 0.4) is 0 Å². The van der Waals surface area contributed by atoms with Crippen LogP contribution in [-0.4, -0.2) is 29.5 Å². The summed E-state index contributed by atoms with van der Waals surface area (Å²) in [5.41, 5.74) is 7.13. The third-order valence-electron chi connectivity index (χ3n) is 3.25. The third kappa shape index (κ3) is 3.27. The number of hydrogen-bond acceptors (Lipinski definition) is 4. The molecule has 1 saturated carbocycles. The molecule has 0 saturated heterocycles. The third-order valence-corrected chi connectivity index (χ3v) is 4.07. The molecule has 2 N–H and O–H groups in total. The first-order valence-electron chi connectivity index (χ1n) is 5.98. The van der Waals surface area contributed by atoms with Gasteiger partial charge in [0.1, 0.15) is 0 Å². The zero-order valence-corrected chi connectivity index (χ0v) is 11.0. The highest BCUT2D eigenvalue weighted by molar-refractivity contribution is 7.09. The smallest absolute Gasteiger partial charge is 0.0897 e. The second-order valence-electron chi connectivity index (χ2n) is 4.99. The van der Waals surface area contributed by atoms with E-state index in [1.54, 1.807) is 11.3 Å². The van der Waals surface area contributed by atoms with Gasteiger partial charge in [-0.05, 0) is 39.2 Å². The van der Waals surface area contributed by atoms with Crippen LogP contribution < -0.4 is 5.73 Å². The molecule has 1 aromatic rings. The van der Waals surface area contributed by atoms with Gasteiger partial charge >= 0.3 is 0 Å². The van der Waals surface area contributed by atoms with Crippen LogP contribution in [0.5, 0.6) is 0 Å². The zero-order valence-electron chi connectivity index (χ0n) is 10.1. The summed E-state index contributed by atoms with van der Waals surface area (Å²) in [6, 6.07) is 0.444. The van der Waals surface area contributed by atoms with Gasteiger partial charge in [0.05, 0.1) is 10.7 Å². The van der Waals surface area contributed by atoms with Gasteiger partial charge in [0.15, 0.2) is 0 Å². The van der Waals surface area contributed by atoms with E-state index in [9.17, 15) is 0 Å². The first-order valence-corrected chi connectivity index (χ1v) is 6.86. The molecule has 3 nitrogen and oxygen atoms in total. The van der Waals surface area contributed by atoms with E-state index in [0.717, 1.165) is 24.0 Å². The molecule has 2 atom stereocenters. The quantitative estimate of drug-likeness (QED) is 0.874. The lowest BCUT2D eigenvalue weighted by Crippen LogP contribution is -2.25. The van der Waals surface area contributed by atoms with Crippen molar-refractivity contribution in [3.8, 4) is 0 Å². The van der Waals surface area contributed by atoms with Crippen LogP contribution in [0.4, 0.5) is 0 Å². The van der Waals surface area contributed by atoms with E-state index < -0.39 is 0 Å². The van der Waals surface area contributed by atoms with E-state index >= 15 is 0 Å². The number of aryl methyl sites for hydroxylation is 1. The Bertz CT molecular complexity index is 337.